The average Bonchev–Trinajstić information content (AvgIpc) is 3.08. The fraction of sp³-hybridized carbons (Fsp3) is 0.235. The summed E-state index contributed by atoms with van der Waals surface area (Å²) in [6.07, 6.45) is 0.779. The van der Waals surface area contributed by atoms with Crippen molar-refractivity contribution < 1.29 is 14.5 Å². The Labute approximate surface area is 167 Å². The minimum atomic E-state index is -0.625. The molecule has 0 saturated carbocycles. The van der Waals surface area contributed by atoms with E-state index in [2.05, 4.69) is 10.3 Å². The number of hydrogen-bond donors (Lipinski definition) is 2. The van der Waals surface area contributed by atoms with Gasteiger partial charge in [-0.15, -0.1) is 11.3 Å². The zero-order valence-corrected chi connectivity index (χ0v) is 16.6. The van der Waals surface area contributed by atoms with E-state index in [4.69, 9.17) is 17.0 Å². The summed E-state index contributed by atoms with van der Waals surface area (Å²) in [5, 5.41) is 14.2. The topological polar surface area (TPSA) is 119 Å². The lowest BCUT2D eigenvalue weighted by molar-refractivity contribution is -0.384. The standard InChI is InChI=1S/C17H16N4O5S2/c1-3-10-7-11-15(28-10)19-17(27)20(16(11)23)8-14(22)18-12-5-4-9(26-2)6-13(12)21(24)25/h4-7H,3,8H2,1-2H3,(H,18,22)(H,19,27). The number of carbonyl (C=O) groups excluding carboxylic acids is 1. The highest BCUT2D eigenvalue weighted by Crippen LogP contribution is 2.29. The number of nitro groups is 1. The summed E-state index contributed by atoms with van der Waals surface area (Å²) in [6.45, 7) is 1.61. The molecule has 11 heteroatoms. The maximum Gasteiger partial charge on any atom is 0.296 e. The normalized spacial score (nSPS) is 10.8. The summed E-state index contributed by atoms with van der Waals surface area (Å²) in [5.74, 6) is -0.321. The molecule has 0 aliphatic rings. The van der Waals surface area contributed by atoms with Gasteiger partial charge in [0.2, 0.25) is 5.91 Å². The second-order valence-electron chi connectivity index (χ2n) is 5.82. The van der Waals surface area contributed by atoms with Gasteiger partial charge in [-0.3, -0.25) is 24.3 Å². The first kappa shape index (κ1) is 19.7. The van der Waals surface area contributed by atoms with Crippen LogP contribution in [0.25, 0.3) is 10.2 Å². The van der Waals surface area contributed by atoms with Gasteiger partial charge in [-0.25, -0.2) is 0 Å². The minimum Gasteiger partial charge on any atom is -0.496 e. The number of methoxy groups -OCH3 is 1. The van der Waals surface area contributed by atoms with E-state index in [1.807, 2.05) is 6.92 Å². The van der Waals surface area contributed by atoms with Gasteiger partial charge in [0, 0.05) is 4.88 Å². The van der Waals surface area contributed by atoms with Crippen LogP contribution in [0, 0.1) is 14.9 Å². The maximum absolute atomic E-state index is 12.7. The van der Waals surface area contributed by atoms with Crippen molar-refractivity contribution in [1.29, 1.82) is 0 Å². The highest BCUT2D eigenvalue weighted by Gasteiger charge is 2.18. The smallest absolute Gasteiger partial charge is 0.296 e. The number of benzene rings is 1. The molecule has 0 unspecified atom stereocenters. The molecule has 0 fully saturated rings. The number of nitrogens with one attached hydrogen (secondary N) is 2. The molecule has 0 spiro atoms. The number of thiophene rings is 1. The van der Waals surface area contributed by atoms with Crippen molar-refractivity contribution in [1.82, 2.24) is 9.55 Å². The van der Waals surface area contributed by atoms with Gasteiger partial charge in [0.05, 0.1) is 23.5 Å². The molecule has 1 aromatic carbocycles. The number of aryl methyl sites for hydroxylation is 1. The van der Waals surface area contributed by atoms with Crippen molar-refractivity contribution in [2.75, 3.05) is 12.4 Å². The molecule has 146 valence electrons. The molecule has 0 aliphatic heterocycles. The third-order valence-electron chi connectivity index (χ3n) is 4.05. The number of nitrogens with zero attached hydrogens (tertiary/aromatic N) is 2. The van der Waals surface area contributed by atoms with Gasteiger partial charge >= 0.3 is 0 Å². The van der Waals surface area contributed by atoms with Crippen LogP contribution in [0.15, 0.2) is 29.1 Å². The van der Waals surface area contributed by atoms with E-state index in [0.717, 1.165) is 15.9 Å². The summed E-state index contributed by atoms with van der Waals surface area (Å²) >= 11 is 6.65. The van der Waals surface area contributed by atoms with Crippen molar-refractivity contribution in [2.24, 2.45) is 0 Å². The summed E-state index contributed by atoms with van der Waals surface area (Å²) in [7, 11) is 1.38. The lowest BCUT2D eigenvalue weighted by Crippen LogP contribution is -2.28. The maximum atomic E-state index is 12.7. The van der Waals surface area contributed by atoms with Crippen molar-refractivity contribution in [2.45, 2.75) is 19.9 Å². The fourth-order valence-electron chi connectivity index (χ4n) is 2.64. The summed E-state index contributed by atoms with van der Waals surface area (Å²) in [6, 6.07) is 5.84. The zero-order valence-electron chi connectivity index (χ0n) is 15.0. The molecule has 0 aliphatic carbocycles. The molecule has 0 saturated heterocycles. The number of carbonyl (C=O) groups is 1. The van der Waals surface area contributed by atoms with E-state index in [9.17, 15) is 19.7 Å². The Morgan fingerprint density at radius 2 is 2.18 bits per heavy atom. The summed E-state index contributed by atoms with van der Waals surface area (Å²) in [5.41, 5.74) is -0.691. The molecule has 3 aromatic rings. The Bertz CT molecular complexity index is 1190. The Kier molecular flexibility index (Phi) is 5.56. The quantitative estimate of drug-likeness (QED) is 0.359. The third-order valence-corrected chi connectivity index (χ3v) is 5.57. The molecule has 28 heavy (non-hydrogen) atoms. The number of aromatic nitrogens is 2. The number of H-pyrrole nitrogens is 1. The largest absolute Gasteiger partial charge is 0.496 e. The molecule has 2 aromatic heterocycles. The van der Waals surface area contributed by atoms with Crippen molar-refractivity contribution in [3.63, 3.8) is 0 Å². The van der Waals surface area contributed by atoms with Crippen LogP contribution in [-0.4, -0.2) is 27.5 Å². The van der Waals surface area contributed by atoms with Crippen LogP contribution in [0.4, 0.5) is 11.4 Å². The second-order valence-corrected chi connectivity index (χ2v) is 7.34. The van der Waals surface area contributed by atoms with Gasteiger partial charge in [0.25, 0.3) is 11.2 Å². The molecule has 0 bridgehead atoms. The number of aromatic amines is 1. The van der Waals surface area contributed by atoms with Crippen LogP contribution in [0.2, 0.25) is 0 Å². The molecule has 0 radical (unpaired) electrons. The van der Waals surface area contributed by atoms with E-state index in [-0.39, 0.29) is 34.0 Å². The van der Waals surface area contributed by atoms with E-state index in [1.54, 1.807) is 6.07 Å². The minimum absolute atomic E-state index is 0.00336. The van der Waals surface area contributed by atoms with Crippen LogP contribution in [0.3, 0.4) is 0 Å². The number of rotatable bonds is 6. The lowest BCUT2D eigenvalue weighted by atomic mass is 10.2. The molecule has 1 amide bonds. The average molecular weight is 420 g/mol. The highest BCUT2D eigenvalue weighted by molar-refractivity contribution is 7.71. The van der Waals surface area contributed by atoms with E-state index < -0.39 is 10.8 Å². The van der Waals surface area contributed by atoms with Crippen molar-refractivity contribution >= 4 is 51.1 Å². The van der Waals surface area contributed by atoms with Gasteiger partial charge in [-0.05, 0) is 36.8 Å². The molecule has 2 heterocycles. The lowest BCUT2D eigenvalue weighted by Gasteiger charge is -2.09. The highest BCUT2D eigenvalue weighted by atomic mass is 32.1. The first-order valence-electron chi connectivity index (χ1n) is 8.21. The zero-order chi connectivity index (χ0) is 20.4. The summed E-state index contributed by atoms with van der Waals surface area (Å²) in [4.78, 5) is 40.4. The predicted octanol–water partition coefficient (Wildman–Crippen LogP) is 3.24. The van der Waals surface area contributed by atoms with E-state index >= 15 is 0 Å². The van der Waals surface area contributed by atoms with Crippen LogP contribution in [0.1, 0.15) is 11.8 Å². The molecule has 3 rings (SSSR count). The Morgan fingerprint density at radius 1 is 1.43 bits per heavy atom. The SMILES string of the molecule is CCc1cc2c(=O)n(CC(=O)Nc3ccc(OC)cc3[N+](=O)[O-])c(=S)[nH]c2s1. The van der Waals surface area contributed by atoms with Gasteiger partial charge in [-0.1, -0.05) is 6.92 Å². The fourth-order valence-corrected chi connectivity index (χ4v) is 3.94. The van der Waals surface area contributed by atoms with E-state index in [1.165, 1.54) is 36.6 Å². The molecular weight excluding hydrogens is 404 g/mol. The molecule has 9 nitrogen and oxygen atoms in total. The number of nitro benzene ring substituents is 1. The number of fused-ring (bicyclic) bond motifs is 1. The third kappa shape index (κ3) is 3.80. The van der Waals surface area contributed by atoms with Gasteiger partial charge in [0.1, 0.15) is 22.8 Å². The Balaban J connectivity index is 1.91. The number of anilines is 1. The van der Waals surface area contributed by atoms with Crippen LogP contribution < -0.4 is 15.6 Å². The first-order valence-corrected chi connectivity index (χ1v) is 9.44. The predicted molar refractivity (Wildman–Crippen MR) is 109 cm³/mol. The summed E-state index contributed by atoms with van der Waals surface area (Å²) < 4.78 is 6.21. The Hall–Kier alpha value is -3.05. The van der Waals surface area contributed by atoms with Crippen LogP contribution in [0.5, 0.6) is 5.75 Å². The van der Waals surface area contributed by atoms with Crippen molar-refractivity contribution in [3.8, 4) is 5.75 Å². The monoisotopic (exact) mass is 420 g/mol. The Morgan fingerprint density at radius 3 is 2.82 bits per heavy atom. The van der Waals surface area contributed by atoms with Crippen molar-refractivity contribution in [3.05, 3.63) is 54.4 Å². The van der Waals surface area contributed by atoms with Crippen LogP contribution >= 0.6 is 23.6 Å². The number of hydrogen-bond acceptors (Lipinski definition) is 7. The molecular formula is C17H16N4O5S2. The second kappa shape index (κ2) is 7.90. The first-order chi connectivity index (χ1) is 13.3. The van der Waals surface area contributed by atoms with Gasteiger partial charge in [-0.2, -0.15) is 0 Å². The number of amides is 1. The van der Waals surface area contributed by atoms with Gasteiger partial charge in [0.15, 0.2) is 4.77 Å². The molecule has 0 atom stereocenters. The van der Waals surface area contributed by atoms with E-state index in [0.29, 0.717) is 10.2 Å². The number of ether oxygens (including phenoxy) is 1. The molecule has 2 N–H and O–H groups in total. The van der Waals surface area contributed by atoms with Crippen LogP contribution in [-0.2, 0) is 17.8 Å². The van der Waals surface area contributed by atoms with Gasteiger partial charge < -0.3 is 15.0 Å².